The van der Waals surface area contributed by atoms with Gasteiger partial charge in [0.2, 0.25) is 5.91 Å². The third-order valence-corrected chi connectivity index (χ3v) is 6.44. The van der Waals surface area contributed by atoms with Crippen LogP contribution < -0.4 is 10.9 Å². The summed E-state index contributed by atoms with van der Waals surface area (Å²) in [6, 6.07) is 12.5. The van der Waals surface area contributed by atoms with Crippen LogP contribution >= 0.6 is 46.3 Å². The molecule has 4 aromatic rings. The van der Waals surface area contributed by atoms with E-state index in [1.165, 1.54) is 34.1 Å². The zero-order chi connectivity index (χ0) is 21.3. The molecule has 0 aliphatic carbocycles. The molecule has 1 N–H and O–H groups in total. The smallest absolute Gasteiger partial charge is 0.276 e. The van der Waals surface area contributed by atoms with E-state index >= 15 is 0 Å². The van der Waals surface area contributed by atoms with E-state index in [-0.39, 0.29) is 22.2 Å². The lowest BCUT2D eigenvalue weighted by atomic mass is 10.3. The van der Waals surface area contributed by atoms with E-state index in [1.54, 1.807) is 35.7 Å². The number of thioether (sulfide) groups is 1. The SMILES string of the molecule is O=C(CSc1nc2ccsc2c(=O)n1-c1ccc(Cl)cc1)Nc1ccc(F)c(Cl)c1. The van der Waals surface area contributed by atoms with Gasteiger partial charge in [-0.2, -0.15) is 0 Å². The number of hydrogen-bond donors (Lipinski definition) is 1. The first-order chi connectivity index (χ1) is 14.4. The minimum Gasteiger partial charge on any atom is -0.325 e. The Hall–Kier alpha value is -2.39. The van der Waals surface area contributed by atoms with Gasteiger partial charge < -0.3 is 5.32 Å². The molecular formula is C20H12Cl2FN3O2S2. The van der Waals surface area contributed by atoms with Gasteiger partial charge in [0.15, 0.2) is 5.16 Å². The molecule has 0 radical (unpaired) electrons. The summed E-state index contributed by atoms with van der Waals surface area (Å²) >= 11 is 14.1. The molecule has 4 rings (SSSR count). The van der Waals surface area contributed by atoms with Crippen LogP contribution in [0.4, 0.5) is 10.1 Å². The minimum absolute atomic E-state index is 0.00926. The predicted octanol–water partition coefficient (Wildman–Crippen LogP) is 5.62. The maximum Gasteiger partial charge on any atom is 0.276 e. The summed E-state index contributed by atoms with van der Waals surface area (Å²) in [5.74, 6) is -0.917. The van der Waals surface area contributed by atoms with Crippen LogP contribution in [0.3, 0.4) is 0 Å². The number of fused-ring (bicyclic) bond motifs is 1. The van der Waals surface area contributed by atoms with Gasteiger partial charge in [-0.05, 0) is 53.9 Å². The Kier molecular flexibility index (Phi) is 6.10. The Morgan fingerprint density at radius 2 is 1.93 bits per heavy atom. The van der Waals surface area contributed by atoms with Crippen LogP contribution in [0.5, 0.6) is 0 Å². The standard InChI is InChI=1S/C20H12Cl2FN3O2S2/c21-11-1-4-13(5-2-11)26-19(28)18-16(7-8-29-18)25-20(26)30-10-17(27)24-12-3-6-15(23)14(22)9-12/h1-9H,10H2,(H,24,27). The highest BCUT2D eigenvalue weighted by Gasteiger charge is 2.16. The van der Waals surface area contributed by atoms with Crippen LogP contribution in [0.2, 0.25) is 10.0 Å². The van der Waals surface area contributed by atoms with Crippen molar-refractivity contribution in [3.63, 3.8) is 0 Å². The summed E-state index contributed by atoms with van der Waals surface area (Å²) < 4.78 is 15.3. The third kappa shape index (κ3) is 4.37. The molecule has 0 aliphatic heterocycles. The monoisotopic (exact) mass is 479 g/mol. The van der Waals surface area contributed by atoms with Gasteiger partial charge in [-0.15, -0.1) is 11.3 Å². The van der Waals surface area contributed by atoms with E-state index in [9.17, 15) is 14.0 Å². The first kappa shape index (κ1) is 20.9. The van der Waals surface area contributed by atoms with Crippen molar-refractivity contribution in [2.75, 3.05) is 11.1 Å². The highest BCUT2D eigenvalue weighted by atomic mass is 35.5. The molecule has 30 heavy (non-hydrogen) atoms. The van der Waals surface area contributed by atoms with Crippen molar-refractivity contribution in [3.05, 3.63) is 80.1 Å². The molecule has 152 valence electrons. The number of carbonyl (C=O) groups is 1. The lowest BCUT2D eigenvalue weighted by Gasteiger charge is -2.12. The molecule has 2 aromatic heterocycles. The Morgan fingerprint density at radius 1 is 1.17 bits per heavy atom. The van der Waals surface area contributed by atoms with Crippen molar-refractivity contribution in [1.82, 2.24) is 9.55 Å². The van der Waals surface area contributed by atoms with Gasteiger partial charge in [0.05, 0.1) is 22.0 Å². The quantitative estimate of drug-likeness (QED) is 0.297. The van der Waals surface area contributed by atoms with Crippen molar-refractivity contribution in [1.29, 1.82) is 0 Å². The average molecular weight is 480 g/mol. The summed E-state index contributed by atoms with van der Waals surface area (Å²) in [5.41, 5.74) is 1.33. The minimum atomic E-state index is -0.565. The number of halogens is 3. The predicted molar refractivity (Wildman–Crippen MR) is 121 cm³/mol. The van der Waals surface area contributed by atoms with E-state index in [2.05, 4.69) is 10.3 Å². The van der Waals surface area contributed by atoms with E-state index < -0.39 is 5.82 Å². The number of amides is 1. The van der Waals surface area contributed by atoms with Gasteiger partial charge in [0.1, 0.15) is 10.5 Å². The van der Waals surface area contributed by atoms with E-state index in [1.807, 2.05) is 0 Å². The number of benzene rings is 2. The molecule has 2 heterocycles. The molecule has 0 saturated carbocycles. The fourth-order valence-electron chi connectivity index (χ4n) is 2.71. The molecule has 1 amide bonds. The first-order valence-corrected chi connectivity index (χ1v) is 11.2. The Bertz CT molecular complexity index is 1310. The van der Waals surface area contributed by atoms with E-state index in [0.717, 1.165) is 11.8 Å². The van der Waals surface area contributed by atoms with Crippen molar-refractivity contribution >= 4 is 68.1 Å². The highest BCUT2D eigenvalue weighted by molar-refractivity contribution is 7.99. The van der Waals surface area contributed by atoms with Gasteiger partial charge in [0, 0.05) is 10.7 Å². The van der Waals surface area contributed by atoms with Crippen LogP contribution in [-0.4, -0.2) is 21.2 Å². The molecule has 0 unspecified atom stereocenters. The van der Waals surface area contributed by atoms with E-state index in [4.69, 9.17) is 23.2 Å². The Morgan fingerprint density at radius 3 is 2.67 bits per heavy atom. The van der Waals surface area contributed by atoms with Crippen LogP contribution in [0.25, 0.3) is 15.9 Å². The lowest BCUT2D eigenvalue weighted by Crippen LogP contribution is -2.22. The van der Waals surface area contributed by atoms with Crippen LogP contribution in [-0.2, 0) is 4.79 Å². The number of rotatable bonds is 5. The van der Waals surface area contributed by atoms with Crippen LogP contribution in [0, 0.1) is 5.82 Å². The summed E-state index contributed by atoms with van der Waals surface area (Å²) in [6.07, 6.45) is 0. The number of nitrogens with one attached hydrogen (secondary N) is 1. The molecule has 10 heteroatoms. The van der Waals surface area contributed by atoms with Crippen molar-refractivity contribution in [3.8, 4) is 5.69 Å². The molecule has 0 saturated heterocycles. The summed E-state index contributed by atoms with van der Waals surface area (Å²) in [7, 11) is 0. The topological polar surface area (TPSA) is 64.0 Å². The number of nitrogens with zero attached hydrogens (tertiary/aromatic N) is 2. The van der Waals surface area contributed by atoms with Crippen LogP contribution in [0.1, 0.15) is 0 Å². The van der Waals surface area contributed by atoms with Gasteiger partial charge in [0.25, 0.3) is 5.56 Å². The average Bonchev–Trinajstić information content (AvgIpc) is 3.19. The number of thiophene rings is 1. The number of carbonyl (C=O) groups excluding carboxylic acids is 1. The molecule has 2 aromatic carbocycles. The van der Waals surface area contributed by atoms with E-state index in [0.29, 0.717) is 31.8 Å². The summed E-state index contributed by atoms with van der Waals surface area (Å²) in [5, 5.41) is 5.29. The third-order valence-electron chi connectivity index (χ3n) is 4.07. The molecule has 0 atom stereocenters. The number of hydrogen-bond acceptors (Lipinski definition) is 5. The normalized spacial score (nSPS) is 11.0. The highest BCUT2D eigenvalue weighted by Crippen LogP contribution is 2.25. The molecule has 0 bridgehead atoms. The Labute approximate surface area is 188 Å². The van der Waals surface area contributed by atoms with Gasteiger partial charge >= 0.3 is 0 Å². The van der Waals surface area contributed by atoms with Crippen molar-refractivity contribution < 1.29 is 9.18 Å². The fourth-order valence-corrected chi connectivity index (χ4v) is 4.59. The zero-order valence-electron chi connectivity index (χ0n) is 15.1. The van der Waals surface area contributed by atoms with Gasteiger partial charge in [-0.3, -0.25) is 14.2 Å². The second kappa shape index (κ2) is 8.77. The lowest BCUT2D eigenvalue weighted by molar-refractivity contribution is -0.113. The zero-order valence-corrected chi connectivity index (χ0v) is 18.2. The molecule has 0 fully saturated rings. The van der Waals surface area contributed by atoms with Crippen LogP contribution in [0.15, 0.2) is 63.9 Å². The maximum atomic E-state index is 13.3. The molecule has 0 aliphatic rings. The fraction of sp³-hybridized carbons (Fsp3) is 0.0500. The second-order valence-corrected chi connectivity index (χ2v) is 8.81. The second-order valence-electron chi connectivity index (χ2n) is 6.11. The largest absolute Gasteiger partial charge is 0.325 e. The van der Waals surface area contributed by atoms with Crippen molar-refractivity contribution in [2.24, 2.45) is 0 Å². The first-order valence-electron chi connectivity index (χ1n) is 8.56. The van der Waals surface area contributed by atoms with Gasteiger partial charge in [-0.1, -0.05) is 35.0 Å². The number of anilines is 1. The summed E-state index contributed by atoms with van der Waals surface area (Å²) in [4.78, 5) is 30.0. The summed E-state index contributed by atoms with van der Waals surface area (Å²) in [6.45, 7) is 0. The van der Waals surface area contributed by atoms with Gasteiger partial charge in [-0.25, -0.2) is 9.37 Å². The number of aromatic nitrogens is 2. The van der Waals surface area contributed by atoms with Crippen molar-refractivity contribution in [2.45, 2.75) is 5.16 Å². The molecular weight excluding hydrogens is 468 g/mol. The Balaban J connectivity index is 1.62. The molecule has 5 nitrogen and oxygen atoms in total. The molecule has 0 spiro atoms. The maximum absolute atomic E-state index is 13.3.